The fourth-order valence-electron chi connectivity index (χ4n) is 4.11. The van der Waals surface area contributed by atoms with Gasteiger partial charge in [0, 0.05) is 17.8 Å². The Morgan fingerprint density at radius 1 is 1.35 bits per heavy atom. The molecule has 138 valence electrons. The van der Waals surface area contributed by atoms with Gasteiger partial charge in [0.15, 0.2) is 5.13 Å². The van der Waals surface area contributed by atoms with Gasteiger partial charge in [0.25, 0.3) is 0 Å². The lowest BCUT2D eigenvalue weighted by atomic mass is 10.0. The Kier molecular flexibility index (Phi) is 4.67. The highest BCUT2D eigenvalue weighted by Gasteiger charge is 2.45. The Balaban J connectivity index is 1.44. The lowest BCUT2D eigenvalue weighted by Crippen LogP contribution is -2.44. The van der Waals surface area contributed by atoms with Crippen molar-refractivity contribution in [3.05, 3.63) is 46.2 Å². The molecule has 1 aromatic heterocycles. The first-order valence-electron chi connectivity index (χ1n) is 8.97. The summed E-state index contributed by atoms with van der Waals surface area (Å²) < 4.78 is 13.0. The number of aliphatic hydroxyl groups excluding tert-OH is 1. The molecule has 0 radical (unpaired) electrons. The highest BCUT2D eigenvalue weighted by atomic mass is 32.1. The van der Waals surface area contributed by atoms with Gasteiger partial charge in [-0.2, -0.15) is 0 Å². The molecule has 7 heteroatoms. The number of nitrogens with zero attached hydrogens (tertiary/aromatic N) is 2. The van der Waals surface area contributed by atoms with Gasteiger partial charge in [-0.1, -0.05) is 12.1 Å². The molecule has 0 unspecified atom stereocenters. The highest BCUT2D eigenvalue weighted by molar-refractivity contribution is 7.15. The molecule has 0 spiro atoms. The second-order valence-electron chi connectivity index (χ2n) is 7.14. The fourth-order valence-corrected chi connectivity index (χ4v) is 5.09. The number of rotatable bonds is 3. The standard InChI is InChI=1S/C19H22FN3O2S/c1-11-16(10-12-2-5-14(20)6-3-12)26-18(21-11)22-19(25)23-9-8-13-4-7-15(24)17(13)23/h2-3,5-6,13,15,17,24H,4,7-10H2,1H3,(H,21,22,25)/t13-,15+,17+/m0/s1. The molecule has 26 heavy (non-hydrogen) atoms. The van der Waals surface area contributed by atoms with Gasteiger partial charge in [0.1, 0.15) is 5.82 Å². The van der Waals surface area contributed by atoms with Crippen molar-refractivity contribution in [1.82, 2.24) is 9.88 Å². The van der Waals surface area contributed by atoms with Gasteiger partial charge >= 0.3 is 6.03 Å². The summed E-state index contributed by atoms with van der Waals surface area (Å²) in [6, 6.07) is 6.18. The number of aromatic nitrogens is 1. The van der Waals surface area contributed by atoms with Crippen LogP contribution >= 0.6 is 11.3 Å². The first-order valence-corrected chi connectivity index (χ1v) is 9.79. The number of benzene rings is 1. The molecule has 2 amide bonds. The van der Waals surface area contributed by atoms with Crippen molar-refractivity contribution >= 4 is 22.5 Å². The predicted octanol–water partition coefficient (Wildman–Crippen LogP) is 3.56. The Morgan fingerprint density at radius 3 is 2.88 bits per heavy atom. The number of nitrogens with one attached hydrogen (secondary N) is 1. The number of aryl methyl sites for hydroxylation is 1. The van der Waals surface area contributed by atoms with Crippen LogP contribution in [-0.2, 0) is 6.42 Å². The molecular formula is C19H22FN3O2S. The third-order valence-corrected chi connectivity index (χ3v) is 6.53. The largest absolute Gasteiger partial charge is 0.391 e. The minimum absolute atomic E-state index is 0.0604. The van der Waals surface area contributed by atoms with Crippen LogP contribution in [0.25, 0.3) is 0 Å². The quantitative estimate of drug-likeness (QED) is 0.862. The normalized spacial score (nSPS) is 24.7. The van der Waals surface area contributed by atoms with Crippen LogP contribution in [0.4, 0.5) is 14.3 Å². The summed E-state index contributed by atoms with van der Waals surface area (Å²) in [5.74, 6) is 0.170. The van der Waals surface area contributed by atoms with Gasteiger partial charge in [0.05, 0.1) is 17.8 Å². The third-order valence-electron chi connectivity index (χ3n) is 5.46. The number of carbonyl (C=O) groups excluding carboxylic acids is 1. The highest BCUT2D eigenvalue weighted by Crippen LogP contribution is 2.38. The third kappa shape index (κ3) is 3.33. The molecule has 2 N–H and O–H groups in total. The smallest absolute Gasteiger partial charge is 0.323 e. The molecule has 1 aliphatic carbocycles. The second-order valence-corrected chi connectivity index (χ2v) is 8.22. The van der Waals surface area contributed by atoms with Crippen LogP contribution in [0.1, 0.15) is 35.4 Å². The number of aliphatic hydroxyl groups is 1. The summed E-state index contributed by atoms with van der Waals surface area (Å²) in [6.45, 7) is 2.60. The van der Waals surface area contributed by atoms with Crippen LogP contribution in [0.5, 0.6) is 0 Å². The second kappa shape index (κ2) is 6.96. The maximum absolute atomic E-state index is 13.0. The van der Waals surface area contributed by atoms with Crippen molar-refractivity contribution < 1.29 is 14.3 Å². The molecule has 1 aliphatic heterocycles. The Bertz CT molecular complexity index is 808. The van der Waals surface area contributed by atoms with Crippen LogP contribution < -0.4 is 5.32 Å². The molecule has 2 aromatic rings. The Morgan fingerprint density at radius 2 is 2.12 bits per heavy atom. The number of thiazole rings is 1. The topological polar surface area (TPSA) is 65.5 Å². The van der Waals surface area contributed by atoms with E-state index in [9.17, 15) is 14.3 Å². The molecule has 0 bridgehead atoms. The van der Waals surface area contributed by atoms with Gasteiger partial charge in [0.2, 0.25) is 0 Å². The Hall–Kier alpha value is -1.99. The number of hydrogen-bond donors (Lipinski definition) is 2. The maximum Gasteiger partial charge on any atom is 0.323 e. The van der Waals surface area contributed by atoms with E-state index in [1.54, 1.807) is 17.0 Å². The van der Waals surface area contributed by atoms with Crippen molar-refractivity contribution in [2.24, 2.45) is 5.92 Å². The van der Waals surface area contributed by atoms with Crippen molar-refractivity contribution in [1.29, 1.82) is 0 Å². The molecule has 4 rings (SSSR count). The van der Waals surface area contributed by atoms with E-state index < -0.39 is 6.10 Å². The monoisotopic (exact) mass is 375 g/mol. The van der Waals surface area contributed by atoms with Crippen molar-refractivity contribution in [2.75, 3.05) is 11.9 Å². The molecule has 3 atom stereocenters. The van der Waals surface area contributed by atoms with Gasteiger partial charge in [-0.3, -0.25) is 5.32 Å². The number of amides is 2. The summed E-state index contributed by atoms with van der Waals surface area (Å²) in [4.78, 5) is 19.9. The minimum atomic E-state index is -0.416. The minimum Gasteiger partial charge on any atom is -0.391 e. The zero-order chi connectivity index (χ0) is 18.3. The van der Waals surface area contributed by atoms with Gasteiger partial charge in [-0.15, -0.1) is 11.3 Å². The van der Waals surface area contributed by atoms with Crippen LogP contribution in [0.2, 0.25) is 0 Å². The van der Waals surface area contributed by atoms with E-state index in [-0.39, 0.29) is 17.9 Å². The van der Waals surface area contributed by atoms with E-state index in [4.69, 9.17) is 0 Å². The summed E-state index contributed by atoms with van der Waals surface area (Å²) in [7, 11) is 0. The van der Waals surface area contributed by atoms with Crippen molar-refractivity contribution in [3.8, 4) is 0 Å². The molecular weight excluding hydrogens is 353 g/mol. The van der Waals surface area contributed by atoms with E-state index in [1.165, 1.54) is 23.5 Å². The van der Waals surface area contributed by atoms with E-state index in [2.05, 4.69) is 10.3 Å². The predicted molar refractivity (Wildman–Crippen MR) is 98.9 cm³/mol. The fraction of sp³-hybridized carbons (Fsp3) is 0.474. The molecule has 2 heterocycles. The lowest BCUT2D eigenvalue weighted by molar-refractivity contribution is 0.101. The van der Waals surface area contributed by atoms with Gasteiger partial charge in [-0.25, -0.2) is 14.2 Å². The summed E-state index contributed by atoms with van der Waals surface area (Å²) in [6.07, 6.45) is 2.97. The average molecular weight is 375 g/mol. The molecule has 1 saturated carbocycles. The van der Waals surface area contributed by atoms with Crippen LogP contribution in [-0.4, -0.2) is 39.7 Å². The van der Waals surface area contributed by atoms with Crippen LogP contribution in [0.3, 0.4) is 0 Å². The van der Waals surface area contributed by atoms with Crippen molar-refractivity contribution in [2.45, 2.75) is 44.8 Å². The molecule has 1 saturated heterocycles. The van der Waals surface area contributed by atoms with E-state index in [0.29, 0.717) is 24.0 Å². The molecule has 2 aliphatic rings. The van der Waals surface area contributed by atoms with Gasteiger partial charge in [-0.05, 0) is 49.8 Å². The summed E-state index contributed by atoms with van der Waals surface area (Å²) in [5, 5.41) is 13.6. The number of carbonyl (C=O) groups is 1. The van der Waals surface area contributed by atoms with Crippen LogP contribution in [0.15, 0.2) is 24.3 Å². The first-order chi connectivity index (χ1) is 12.5. The lowest BCUT2D eigenvalue weighted by Gasteiger charge is -2.26. The maximum atomic E-state index is 13.0. The molecule has 1 aromatic carbocycles. The number of anilines is 1. The number of halogens is 1. The van der Waals surface area contributed by atoms with E-state index in [0.717, 1.165) is 35.4 Å². The Labute approximate surface area is 155 Å². The van der Waals surface area contributed by atoms with E-state index in [1.807, 2.05) is 6.92 Å². The van der Waals surface area contributed by atoms with Gasteiger partial charge < -0.3 is 10.0 Å². The summed E-state index contributed by atoms with van der Waals surface area (Å²) >= 11 is 1.45. The first kappa shape index (κ1) is 17.4. The summed E-state index contributed by atoms with van der Waals surface area (Å²) in [5.41, 5.74) is 1.88. The molecule has 5 nitrogen and oxygen atoms in total. The van der Waals surface area contributed by atoms with E-state index >= 15 is 0 Å². The van der Waals surface area contributed by atoms with Crippen LogP contribution in [0, 0.1) is 18.7 Å². The number of hydrogen-bond acceptors (Lipinski definition) is 4. The number of likely N-dealkylation sites (tertiary alicyclic amines) is 1. The SMILES string of the molecule is Cc1nc(NC(=O)N2CC[C@@H]3CC[C@@H](O)[C@@H]32)sc1Cc1ccc(F)cc1. The van der Waals surface area contributed by atoms with Crippen molar-refractivity contribution in [3.63, 3.8) is 0 Å². The average Bonchev–Trinajstić information content (AvgIpc) is 3.28. The number of fused-ring (bicyclic) bond motifs is 1. The molecule has 2 fully saturated rings. The zero-order valence-electron chi connectivity index (χ0n) is 14.6. The zero-order valence-corrected chi connectivity index (χ0v) is 15.4. The number of urea groups is 1.